The molecule has 4 nitrogen and oxygen atoms in total. The van der Waals surface area contributed by atoms with Crippen molar-refractivity contribution in [1.82, 2.24) is 4.90 Å². The number of carbonyl (C=O) groups excluding carboxylic acids is 1. The summed E-state index contributed by atoms with van der Waals surface area (Å²) < 4.78 is 0. The van der Waals surface area contributed by atoms with Crippen LogP contribution in [0, 0.1) is 0 Å². The number of thiophene rings is 1. The molecule has 92 valence electrons. The van der Waals surface area contributed by atoms with Crippen molar-refractivity contribution in [2.75, 3.05) is 6.54 Å². The molecule has 17 heavy (non-hydrogen) atoms. The fraction of sp³-hybridized carbons (Fsp3) is 0.500. The van der Waals surface area contributed by atoms with Crippen molar-refractivity contribution >= 4 is 23.2 Å². The van der Waals surface area contributed by atoms with Crippen molar-refractivity contribution in [2.45, 2.75) is 31.7 Å². The summed E-state index contributed by atoms with van der Waals surface area (Å²) in [5.74, 6) is -0.921. The van der Waals surface area contributed by atoms with E-state index in [1.165, 1.54) is 9.78 Å². The molecule has 1 aromatic heterocycles. The number of amides is 1. The first kappa shape index (κ1) is 12.1. The van der Waals surface area contributed by atoms with Crippen molar-refractivity contribution in [3.63, 3.8) is 0 Å². The number of carboxylic acids is 1. The fourth-order valence-electron chi connectivity index (χ4n) is 2.15. The molecule has 1 atom stereocenters. The van der Waals surface area contributed by atoms with Crippen LogP contribution in [-0.4, -0.2) is 34.5 Å². The standard InChI is InChI=1S/C12H15NO3S/c14-11(6-5-9-3-2-8-17-9)13-7-1-4-10(13)12(15)16/h2-3,8,10H,1,4-7H2,(H,15,16)/t10-/m1/s1. The van der Waals surface area contributed by atoms with Gasteiger partial charge in [-0.05, 0) is 30.7 Å². The Balaban J connectivity index is 1.89. The Morgan fingerprint density at radius 1 is 1.53 bits per heavy atom. The molecule has 0 aliphatic carbocycles. The lowest BCUT2D eigenvalue weighted by molar-refractivity contribution is -0.148. The molecule has 1 aromatic rings. The first-order valence-electron chi connectivity index (χ1n) is 5.73. The van der Waals surface area contributed by atoms with Gasteiger partial charge in [0.25, 0.3) is 0 Å². The minimum atomic E-state index is -0.882. The minimum Gasteiger partial charge on any atom is -0.480 e. The van der Waals surface area contributed by atoms with E-state index in [-0.39, 0.29) is 5.91 Å². The average Bonchev–Trinajstić information content (AvgIpc) is 2.96. The Morgan fingerprint density at radius 2 is 2.35 bits per heavy atom. The molecule has 2 heterocycles. The first-order chi connectivity index (χ1) is 8.18. The van der Waals surface area contributed by atoms with Gasteiger partial charge in [-0.3, -0.25) is 4.79 Å². The van der Waals surface area contributed by atoms with E-state index in [4.69, 9.17) is 5.11 Å². The highest BCUT2D eigenvalue weighted by atomic mass is 32.1. The van der Waals surface area contributed by atoms with E-state index in [0.29, 0.717) is 25.8 Å². The highest BCUT2D eigenvalue weighted by Gasteiger charge is 2.33. The second kappa shape index (κ2) is 5.31. The van der Waals surface area contributed by atoms with Gasteiger partial charge in [0.15, 0.2) is 0 Å². The smallest absolute Gasteiger partial charge is 0.326 e. The highest BCUT2D eigenvalue weighted by molar-refractivity contribution is 7.09. The second-order valence-electron chi connectivity index (χ2n) is 4.16. The van der Waals surface area contributed by atoms with Crippen molar-refractivity contribution in [3.05, 3.63) is 22.4 Å². The van der Waals surface area contributed by atoms with E-state index in [9.17, 15) is 9.59 Å². The van der Waals surface area contributed by atoms with E-state index in [0.717, 1.165) is 6.42 Å². The molecule has 0 saturated carbocycles. The Bertz CT molecular complexity index is 402. The van der Waals surface area contributed by atoms with Gasteiger partial charge in [0.05, 0.1) is 0 Å². The molecule has 1 N–H and O–H groups in total. The largest absolute Gasteiger partial charge is 0.480 e. The Morgan fingerprint density at radius 3 is 3.00 bits per heavy atom. The quantitative estimate of drug-likeness (QED) is 0.889. The van der Waals surface area contributed by atoms with Crippen LogP contribution in [0.2, 0.25) is 0 Å². The third kappa shape index (κ3) is 2.85. The van der Waals surface area contributed by atoms with Gasteiger partial charge < -0.3 is 10.0 Å². The maximum absolute atomic E-state index is 11.9. The van der Waals surface area contributed by atoms with Crippen LogP contribution in [0.1, 0.15) is 24.1 Å². The molecule has 1 fully saturated rings. The molecule has 0 bridgehead atoms. The lowest BCUT2D eigenvalue weighted by Gasteiger charge is -2.21. The van der Waals surface area contributed by atoms with Crippen LogP contribution < -0.4 is 0 Å². The van der Waals surface area contributed by atoms with Crippen LogP contribution in [0.4, 0.5) is 0 Å². The molecular weight excluding hydrogens is 238 g/mol. The maximum Gasteiger partial charge on any atom is 0.326 e. The number of nitrogens with zero attached hydrogens (tertiary/aromatic N) is 1. The van der Waals surface area contributed by atoms with Gasteiger partial charge in [0, 0.05) is 17.8 Å². The summed E-state index contributed by atoms with van der Waals surface area (Å²) in [7, 11) is 0. The topological polar surface area (TPSA) is 57.6 Å². The number of hydrogen-bond donors (Lipinski definition) is 1. The molecule has 0 spiro atoms. The van der Waals surface area contributed by atoms with Crippen LogP contribution in [0.15, 0.2) is 17.5 Å². The first-order valence-corrected chi connectivity index (χ1v) is 6.61. The zero-order chi connectivity index (χ0) is 12.3. The number of hydrogen-bond acceptors (Lipinski definition) is 3. The van der Waals surface area contributed by atoms with Crippen molar-refractivity contribution < 1.29 is 14.7 Å². The molecule has 5 heteroatoms. The van der Waals surface area contributed by atoms with E-state index in [1.807, 2.05) is 17.5 Å². The van der Waals surface area contributed by atoms with Crippen LogP contribution in [-0.2, 0) is 16.0 Å². The zero-order valence-corrected chi connectivity index (χ0v) is 10.3. The second-order valence-corrected chi connectivity index (χ2v) is 5.20. The number of aryl methyl sites for hydroxylation is 1. The predicted molar refractivity (Wildman–Crippen MR) is 65.0 cm³/mol. The summed E-state index contributed by atoms with van der Waals surface area (Å²) >= 11 is 1.63. The van der Waals surface area contributed by atoms with Crippen LogP contribution in [0.3, 0.4) is 0 Å². The predicted octanol–water partition coefficient (Wildman–Crippen LogP) is 1.76. The maximum atomic E-state index is 11.9. The molecule has 2 rings (SSSR count). The molecular formula is C12H15NO3S. The summed E-state index contributed by atoms with van der Waals surface area (Å²) in [6.45, 7) is 0.584. The van der Waals surface area contributed by atoms with Gasteiger partial charge in [-0.2, -0.15) is 0 Å². The Labute approximate surface area is 104 Å². The molecule has 0 radical (unpaired) electrons. The molecule has 0 aromatic carbocycles. The van der Waals surface area contributed by atoms with Crippen LogP contribution in [0.5, 0.6) is 0 Å². The lowest BCUT2D eigenvalue weighted by Crippen LogP contribution is -2.40. The summed E-state index contributed by atoms with van der Waals surface area (Å²) in [4.78, 5) is 25.6. The third-order valence-electron chi connectivity index (χ3n) is 3.02. The van der Waals surface area contributed by atoms with Crippen LogP contribution >= 0.6 is 11.3 Å². The number of aliphatic carboxylic acids is 1. The summed E-state index contributed by atoms with van der Waals surface area (Å²) in [5, 5.41) is 11.0. The number of likely N-dealkylation sites (tertiary alicyclic amines) is 1. The zero-order valence-electron chi connectivity index (χ0n) is 9.46. The SMILES string of the molecule is O=C(O)[C@H]1CCCN1C(=O)CCc1cccs1. The highest BCUT2D eigenvalue weighted by Crippen LogP contribution is 2.19. The van der Waals surface area contributed by atoms with Gasteiger partial charge in [-0.25, -0.2) is 4.79 Å². The van der Waals surface area contributed by atoms with Gasteiger partial charge in [0.2, 0.25) is 5.91 Å². The van der Waals surface area contributed by atoms with E-state index >= 15 is 0 Å². The van der Waals surface area contributed by atoms with Gasteiger partial charge >= 0.3 is 5.97 Å². The summed E-state index contributed by atoms with van der Waals surface area (Å²) in [5.41, 5.74) is 0. The number of carboxylic acid groups (broad SMARTS) is 1. The van der Waals surface area contributed by atoms with Crippen molar-refractivity contribution in [3.8, 4) is 0 Å². The normalized spacial score (nSPS) is 19.5. The molecule has 1 saturated heterocycles. The summed E-state index contributed by atoms with van der Waals surface area (Å²) in [6.07, 6.45) is 2.49. The van der Waals surface area contributed by atoms with Gasteiger partial charge in [-0.15, -0.1) is 11.3 Å². The van der Waals surface area contributed by atoms with Crippen molar-refractivity contribution in [1.29, 1.82) is 0 Å². The van der Waals surface area contributed by atoms with Gasteiger partial charge in [-0.1, -0.05) is 6.07 Å². The molecule has 1 aliphatic rings. The Hall–Kier alpha value is -1.36. The Kier molecular flexibility index (Phi) is 3.78. The summed E-state index contributed by atoms with van der Waals surface area (Å²) in [6, 6.07) is 3.35. The van der Waals surface area contributed by atoms with Crippen molar-refractivity contribution in [2.24, 2.45) is 0 Å². The number of rotatable bonds is 4. The average molecular weight is 253 g/mol. The molecule has 1 aliphatic heterocycles. The van der Waals surface area contributed by atoms with E-state index in [2.05, 4.69) is 0 Å². The monoisotopic (exact) mass is 253 g/mol. The lowest BCUT2D eigenvalue weighted by atomic mass is 10.2. The van der Waals surface area contributed by atoms with Crippen LogP contribution in [0.25, 0.3) is 0 Å². The number of carbonyl (C=O) groups is 2. The van der Waals surface area contributed by atoms with E-state index < -0.39 is 12.0 Å². The minimum absolute atomic E-state index is 0.0386. The molecule has 1 amide bonds. The third-order valence-corrected chi connectivity index (χ3v) is 3.96. The van der Waals surface area contributed by atoms with Gasteiger partial charge in [0.1, 0.15) is 6.04 Å². The molecule has 0 unspecified atom stereocenters. The fourth-order valence-corrected chi connectivity index (χ4v) is 2.86. The van der Waals surface area contributed by atoms with E-state index in [1.54, 1.807) is 11.3 Å².